The average Bonchev–Trinajstić information content (AvgIpc) is 2.52. The predicted molar refractivity (Wildman–Crippen MR) is 86.9 cm³/mol. The lowest BCUT2D eigenvalue weighted by atomic mass is 10.1. The van der Waals surface area contributed by atoms with Crippen LogP contribution in [0.3, 0.4) is 0 Å². The van der Waals surface area contributed by atoms with E-state index in [1.807, 2.05) is 0 Å². The minimum absolute atomic E-state index is 0.0299. The van der Waals surface area contributed by atoms with Gasteiger partial charge in [0, 0.05) is 23.7 Å². The van der Waals surface area contributed by atoms with Crippen LogP contribution in [-0.4, -0.2) is 22.5 Å². The quantitative estimate of drug-likeness (QED) is 0.635. The number of nitrogens with zero attached hydrogens (tertiary/aromatic N) is 1. The molecule has 0 saturated heterocycles. The second kappa shape index (κ2) is 7.41. The molecule has 0 bridgehead atoms. The second-order valence-corrected chi connectivity index (χ2v) is 5.54. The van der Waals surface area contributed by atoms with Gasteiger partial charge in [-0.3, -0.25) is 14.9 Å². The molecule has 23 heavy (non-hydrogen) atoms. The third kappa shape index (κ3) is 4.41. The fourth-order valence-electron chi connectivity index (χ4n) is 1.89. The molecular formula is C15H12Cl2N2O4. The number of nitro groups is 1. The van der Waals surface area contributed by atoms with Crippen molar-refractivity contribution in [1.29, 1.82) is 0 Å². The SMILES string of the molecule is O=C(NC[C@H](O)c1ccc(Cl)cc1)c1ccc([N+](=O)[O-])cc1Cl. The van der Waals surface area contributed by atoms with E-state index in [-0.39, 0.29) is 22.8 Å². The van der Waals surface area contributed by atoms with E-state index >= 15 is 0 Å². The van der Waals surface area contributed by atoms with Gasteiger partial charge < -0.3 is 10.4 Å². The van der Waals surface area contributed by atoms with Gasteiger partial charge in [-0.1, -0.05) is 35.3 Å². The number of carbonyl (C=O) groups is 1. The number of rotatable bonds is 5. The van der Waals surface area contributed by atoms with Crippen LogP contribution in [-0.2, 0) is 0 Å². The van der Waals surface area contributed by atoms with E-state index in [2.05, 4.69) is 5.32 Å². The van der Waals surface area contributed by atoms with Crippen molar-refractivity contribution < 1.29 is 14.8 Å². The fourth-order valence-corrected chi connectivity index (χ4v) is 2.28. The molecule has 0 aliphatic carbocycles. The van der Waals surface area contributed by atoms with E-state index in [1.165, 1.54) is 12.1 Å². The number of nitrogens with one attached hydrogen (secondary N) is 1. The number of aliphatic hydroxyl groups is 1. The van der Waals surface area contributed by atoms with Gasteiger partial charge in [0.25, 0.3) is 11.6 Å². The molecule has 2 aromatic rings. The first kappa shape index (κ1) is 17.2. The molecule has 2 aromatic carbocycles. The molecule has 2 N–H and O–H groups in total. The zero-order valence-electron chi connectivity index (χ0n) is 11.7. The molecular weight excluding hydrogens is 343 g/mol. The molecule has 6 nitrogen and oxygen atoms in total. The molecule has 0 radical (unpaired) electrons. The van der Waals surface area contributed by atoms with E-state index < -0.39 is 16.9 Å². The van der Waals surface area contributed by atoms with Gasteiger partial charge in [-0.2, -0.15) is 0 Å². The van der Waals surface area contributed by atoms with Gasteiger partial charge in [-0.25, -0.2) is 0 Å². The summed E-state index contributed by atoms with van der Waals surface area (Å²) in [5.41, 5.74) is 0.498. The molecule has 0 heterocycles. The lowest BCUT2D eigenvalue weighted by Crippen LogP contribution is -2.28. The second-order valence-electron chi connectivity index (χ2n) is 4.70. The normalized spacial score (nSPS) is 11.8. The Balaban J connectivity index is 2.02. The van der Waals surface area contributed by atoms with Crippen molar-refractivity contribution >= 4 is 34.8 Å². The Morgan fingerprint density at radius 3 is 2.43 bits per heavy atom. The van der Waals surface area contributed by atoms with Crippen molar-refractivity contribution in [2.75, 3.05) is 6.54 Å². The maximum absolute atomic E-state index is 12.0. The number of non-ortho nitro benzene ring substituents is 1. The number of hydrogen-bond acceptors (Lipinski definition) is 4. The third-order valence-corrected chi connectivity index (χ3v) is 3.68. The number of nitro benzene ring substituents is 1. The summed E-state index contributed by atoms with van der Waals surface area (Å²) in [5, 5.41) is 23.7. The zero-order valence-corrected chi connectivity index (χ0v) is 13.2. The Morgan fingerprint density at radius 1 is 1.22 bits per heavy atom. The summed E-state index contributed by atoms with van der Waals surface area (Å²) in [4.78, 5) is 22.1. The van der Waals surface area contributed by atoms with Crippen LogP contribution in [0.25, 0.3) is 0 Å². The summed E-state index contributed by atoms with van der Waals surface area (Å²) in [7, 11) is 0. The summed E-state index contributed by atoms with van der Waals surface area (Å²) in [6, 6.07) is 10.1. The summed E-state index contributed by atoms with van der Waals surface area (Å²) < 4.78 is 0. The average molecular weight is 355 g/mol. The minimum atomic E-state index is -0.909. The first-order valence-corrected chi connectivity index (χ1v) is 7.29. The fraction of sp³-hybridized carbons (Fsp3) is 0.133. The highest BCUT2D eigenvalue weighted by molar-refractivity contribution is 6.34. The number of aliphatic hydroxyl groups excluding tert-OH is 1. The molecule has 0 spiro atoms. The molecule has 1 atom stereocenters. The van der Waals surface area contributed by atoms with Crippen molar-refractivity contribution in [1.82, 2.24) is 5.32 Å². The summed E-state index contributed by atoms with van der Waals surface area (Å²) >= 11 is 11.6. The first-order valence-electron chi connectivity index (χ1n) is 6.54. The Kier molecular flexibility index (Phi) is 5.54. The van der Waals surface area contributed by atoms with Gasteiger partial charge in [-0.05, 0) is 23.8 Å². The Labute approximate surface area is 141 Å². The number of halogens is 2. The Morgan fingerprint density at radius 2 is 1.87 bits per heavy atom. The maximum Gasteiger partial charge on any atom is 0.270 e. The monoisotopic (exact) mass is 354 g/mol. The number of hydrogen-bond donors (Lipinski definition) is 2. The van der Waals surface area contributed by atoms with Crippen molar-refractivity contribution in [2.24, 2.45) is 0 Å². The lowest BCUT2D eigenvalue weighted by molar-refractivity contribution is -0.384. The Bertz CT molecular complexity index is 735. The van der Waals surface area contributed by atoms with Crippen molar-refractivity contribution in [3.05, 3.63) is 73.8 Å². The maximum atomic E-state index is 12.0. The van der Waals surface area contributed by atoms with Gasteiger partial charge in [-0.15, -0.1) is 0 Å². The highest BCUT2D eigenvalue weighted by atomic mass is 35.5. The van der Waals surface area contributed by atoms with Gasteiger partial charge in [0.05, 0.1) is 21.6 Å². The highest BCUT2D eigenvalue weighted by Gasteiger charge is 2.16. The van der Waals surface area contributed by atoms with Crippen LogP contribution in [0.2, 0.25) is 10.0 Å². The smallest absolute Gasteiger partial charge is 0.270 e. The molecule has 1 amide bonds. The largest absolute Gasteiger partial charge is 0.387 e. The first-order chi connectivity index (χ1) is 10.9. The topological polar surface area (TPSA) is 92.5 Å². The van der Waals surface area contributed by atoms with Crippen LogP contribution in [0.1, 0.15) is 22.0 Å². The van der Waals surface area contributed by atoms with E-state index in [0.29, 0.717) is 10.6 Å². The molecule has 0 unspecified atom stereocenters. The number of carbonyl (C=O) groups excluding carboxylic acids is 1. The van der Waals surface area contributed by atoms with Gasteiger partial charge in [0.15, 0.2) is 0 Å². The predicted octanol–water partition coefficient (Wildman–Crippen LogP) is 3.37. The van der Waals surface area contributed by atoms with Crippen molar-refractivity contribution in [3.63, 3.8) is 0 Å². The van der Waals surface area contributed by atoms with Gasteiger partial charge in [0.2, 0.25) is 0 Å². The number of benzene rings is 2. The van der Waals surface area contributed by atoms with Crippen LogP contribution in [0.15, 0.2) is 42.5 Å². The van der Waals surface area contributed by atoms with Crippen LogP contribution < -0.4 is 5.32 Å². The van der Waals surface area contributed by atoms with Crippen molar-refractivity contribution in [3.8, 4) is 0 Å². The van der Waals surface area contributed by atoms with Crippen LogP contribution in [0, 0.1) is 10.1 Å². The van der Waals surface area contributed by atoms with Crippen molar-refractivity contribution in [2.45, 2.75) is 6.10 Å². The summed E-state index contributed by atoms with van der Waals surface area (Å²) in [5.74, 6) is -0.530. The molecule has 0 fully saturated rings. The third-order valence-electron chi connectivity index (χ3n) is 3.12. The molecule has 2 rings (SSSR count). The van der Waals surface area contributed by atoms with E-state index in [0.717, 1.165) is 6.07 Å². The van der Waals surface area contributed by atoms with E-state index in [4.69, 9.17) is 23.2 Å². The summed E-state index contributed by atoms with van der Waals surface area (Å²) in [6.45, 7) is -0.0339. The molecule has 0 saturated carbocycles. The van der Waals surface area contributed by atoms with Gasteiger partial charge >= 0.3 is 0 Å². The number of amides is 1. The molecule has 0 aromatic heterocycles. The van der Waals surface area contributed by atoms with E-state index in [9.17, 15) is 20.0 Å². The molecule has 0 aliphatic rings. The Hall–Kier alpha value is -2.15. The molecule has 120 valence electrons. The molecule has 0 aliphatic heterocycles. The molecule has 8 heteroatoms. The standard InChI is InChI=1S/C15H12Cl2N2O4/c16-10-3-1-9(2-4-10)14(20)8-18-15(21)12-6-5-11(19(22)23)7-13(12)17/h1-7,14,20H,8H2,(H,18,21)/t14-/m0/s1. The minimum Gasteiger partial charge on any atom is -0.387 e. The van der Waals surface area contributed by atoms with Crippen LogP contribution in [0.5, 0.6) is 0 Å². The van der Waals surface area contributed by atoms with E-state index in [1.54, 1.807) is 24.3 Å². The van der Waals surface area contributed by atoms with Crippen LogP contribution in [0.4, 0.5) is 5.69 Å². The highest BCUT2D eigenvalue weighted by Crippen LogP contribution is 2.22. The van der Waals surface area contributed by atoms with Gasteiger partial charge in [0.1, 0.15) is 0 Å². The summed E-state index contributed by atoms with van der Waals surface area (Å²) in [6.07, 6.45) is -0.909. The zero-order chi connectivity index (χ0) is 17.0. The van der Waals surface area contributed by atoms with Crippen LogP contribution >= 0.6 is 23.2 Å². The lowest BCUT2D eigenvalue weighted by Gasteiger charge is -2.13.